The molecule has 1 atom stereocenters. The number of fused-ring (bicyclic) bond motifs is 1. The zero-order chi connectivity index (χ0) is 13.2. The summed E-state index contributed by atoms with van der Waals surface area (Å²) >= 11 is 0. The van der Waals surface area contributed by atoms with Crippen LogP contribution in [0.15, 0.2) is 48.5 Å². The number of cyclic esters (lactones) is 1. The van der Waals surface area contributed by atoms with Gasteiger partial charge in [-0.2, -0.15) is 0 Å². The molecule has 0 spiro atoms. The molecule has 0 radical (unpaired) electrons. The Morgan fingerprint density at radius 2 is 1.89 bits per heavy atom. The van der Waals surface area contributed by atoms with Crippen molar-refractivity contribution >= 4 is 5.97 Å². The smallest absolute Gasteiger partial charge is 0.339 e. The molecule has 2 aromatic carbocycles. The van der Waals surface area contributed by atoms with Crippen molar-refractivity contribution in [3.8, 4) is 0 Å². The average Bonchev–Trinajstić information content (AvgIpc) is 2.47. The van der Waals surface area contributed by atoms with Crippen molar-refractivity contribution in [1.82, 2.24) is 0 Å². The van der Waals surface area contributed by atoms with E-state index in [0.717, 1.165) is 29.5 Å². The highest BCUT2D eigenvalue weighted by atomic mass is 16.5. The van der Waals surface area contributed by atoms with E-state index in [1.807, 2.05) is 42.5 Å². The summed E-state index contributed by atoms with van der Waals surface area (Å²) in [5, 5.41) is 0. The molecule has 0 saturated heterocycles. The predicted molar refractivity (Wildman–Crippen MR) is 74.1 cm³/mol. The topological polar surface area (TPSA) is 26.3 Å². The molecular formula is C17H16O2. The van der Waals surface area contributed by atoms with Gasteiger partial charge in [-0.3, -0.25) is 0 Å². The molecule has 0 bridgehead atoms. The zero-order valence-corrected chi connectivity index (χ0v) is 10.9. The lowest BCUT2D eigenvalue weighted by Gasteiger charge is -2.26. The molecule has 1 heterocycles. The fourth-order valence-corrected chi connectivity index (χ4v) is 2.67. The van der Waals surface area contributed by atoms with Crippen LogP contribution in [0.3, 0.4) is 0 Å². The number of hydrogen-bond donors (Lipinski definition) is 0. The minimum Gasteiger partial charge on any atom is -0.454 e. The summed E-state index contributed by atoms with van der Waals surface area (Å²) in [5.74, 6) is -0.203. The average molecular weight is 252 g/mol. The summed E-state index contributed by atoms with van der Waals surface area (Å²) in [4.78, 5) is 12.1. The summed E-state index contributed by atoms with van der Waals surface area (Å²) in [5.41, 5.74) is 4.18. The molecule has 2 aromatic rings. The molecule has 0 aromatic heterocycles. The van der Waals surface area contributed by atoms with Gasteiger partial charge in [0.15, 0.2) is 0 Å². The molecular weight excluding hydrogens is 236 g/mol. The molecule has 0 fully saturated rings. The standard InChI is InChI=1S/C17H16O2/c1-2-12-9-6-10-14-15(12)11-16(19-17(14)18)13-7-4-3-5-8-13/h3-10,16H,2,11H2,1H3. The van der Waals surface area contributed by atoms with Crippen molar-refractivity contribution in [3.63, 3.8) is 0 Å². The van der Waals surface area contributed by atoms with E-state index in [2.05, 4.69) is 13.0 Å². The van der Waals surface area contributed by atoms with Gasteiger partial charge in [0.25, 0.3) is 0 Å². The Labute approximate surface area is 113 Å². The first kappa shape index (κ1) is 12.0. The van der Waals surface area contributed by atoms with Gasteiger partial charge in [-0.25, -0.2) is 4.79 Å². The second kappa shape index (κ2) is 4.88. The molecule has 0 aliphatic carbocycles. The molecule has 2 heteroatoms. The van der Waals surface area contributed by atoms with E-state index in [0.29, 0.717) is 0 Å². The van der Waals surface area contributed by atoms with Crippen molar-refractivity contribution in [2.24, 2.45) is 0 Å². The second-order valence-corrected chi connectivity index (χ2v) is 4.81. The van der Waals surface area contributed by atoms with Gasteiger partial charge in [-0.15, -0.1) is 0 Å². The van der Waals surface area contributed by atoms with Crippen LogP contribution in [0.2, 0.25) is 0 Å². The Balaban J connectivity index is 2.02. The van der Waals surface area contributed by atoms with Crippen LogP contribution in [0.4, 0.5) is 0 Å². The van der Waals surface area contributed by atoms with Crippen LogP contribution < -0.4 is 0 Å². The summed E-state index contributed by atoms with van der Waals surface area (Å²) in [6.45, 7) is 2.12. The molecule has 0 amide bonds. The lowest BCUT2D eigenvalue weighted by atomic mass is 9.90. The molecule has 1 aliphatic rings. The molecule has 2 nitrogen and oxygen atoms in total. The Morgan fingerprint density at radius 1 is 1.11 bits per heavy atom. The van der Waals surface area contributed by atoms with E-state index in [1.54, 1.807) is 0 Å². The van der Waals surface area contributed by atoms with Gasteiger partial charge in [0.05, 0.1) is 5.56 Å². The van der Waals surface area contributed by atoms with Gasteiger partial charge >= 0.3 is 5.97 Å². The number of benzene rings is 2. The molecule has 96 valence electrons. The monoisotopic (exact) mass is 252 g/mol. The Hall–Kier alpha value is -2.09. The molecule has 3 rings (SSSR count). The summed E-state index contributed by atoms with van der Waals surface area (Å²) < 4.78 is 5.56. The van der Waals surface area contributed by atoms with Crippen LogP contribution >= 0.6 is 0 Å². The first-order valence-corrected chi connectivity index (χ1v) is 6.66. The van der Waals surface area contributed by atoms with Crippen LogP contribution in [0.5, 0.6) is 0 Å². The molecule has 0 N–H and O–H groups in total. The van der Waals surface area contributed by atoms with Crippen molar-refractivity contribution in [1.29, 1.82) is 0 Å². The number of hydrogen-bond acceptors (Lipinski definition) is 2. The quantitative estimate of drug-likeness (QED) is 0.762. The fraction of sp³-hybridized carbons (Fsp3) is 0.235. The van der Waals surface area contributed by atoms with Crippen molar-refractivity contribution in [2.75, 3.05) is 0 Å². The summed E-state index contributed by atoms with van der Waals surface area (Å²) in [6.07, 6.45) is 1.56. The number of rotatable bonds is 2. The minimum atomic E-state index is -0.203. The van der Waals surface area contributed by atoms with Gasteiger partial charge in [0.1, 0.15) is 6.10 Å². The van der Waals surface area contributed by atoms with E-state index < -0.39 is 0 Å². The lowest BCUT2D eigenvalue weighted by Crippen LogP contribution is -2.23. The molecule has 19 heavy (non-hydrogen) atoms. The van der Waals surface area contributed by atoms with Crippen LogP contribution in [0.1, 0.15) is 40.1 Å². The van der Waals surface area contributed by atoms with E-state index in [1.165, 1.54) is 5.56 Å². The third-order valence-electron chi connectivity index (χ3n) is 3.68. The van der Waals surface area contributed by atoms with E-state index in [9.17, 15) is 4.79 Å². The fourth-order valence-electron chi connectivity index (χ4n) is 2.67. The van der Waals surface area contributed by atoms with E-state index in [4.69, 9.17) is 4.74 Å². The maximum absolute atomic E-state index is 12.1. The van der Waals surface area contributed by atoms with Gasteiger partial charge in [-0.05, 0) is 29.2 Å². The number of carbonyl (C=O) groups excluding carboxylic acids is 1. The third-order valence-corrected chi connectivity index (χ3v) is 3.68. The maximum Gasteiger partial charge on any atom is 0.339 e. The third kappa shape index (κ3) is 2.14. The highest BCUT2D eigenvalue weighted by Gasteiger charge is 2.28. The summed E-state index contributed by atoms with van der Waals surface area (Å²) in [7, 11) is 0. The first-order valence-electron chi connectivity index (χ1n) is 6.66. The van der Waals surface area contributed by atoms with Crippen molar-refractivity contribution in [3.05, 3.63) is 70.8 Å². The van der Waals surface area contributed by atoms with Crippen molar-refractivity contribution in [2.45, 2.75) is 25.9 Å². The second-order valence-electron chi connectivity index (χ2n) is 4.81. The van der Waals surface area contributed by atoms with Crippen LogP contribution in [-0.4, -0.2) is 5.97 Å². The maximum atomic E-state index is 12.1. The highest BCUT2D eigenvalue weighted by molar-refractivity contribution is 5.92. The number of carbonyl (C=O) groups is 1. The lowest BCUT2D eigenvalue weighted by molar-refractivity contribution is 0.0252. The highest BCUT2D eigenvalue weighted by Crippen LogP contribution is 2.32. The van der Waals surface area contributed by atoms with Gasteiger partial charge < -0.3 is 4.74 Å². The Morgan fingerprint density at radius 3 is 2.63 bits per heavy atom. The largest absolute Gasteiger partial charge is 0.454 e. The van der Waals surface area contributed by atoms with Gasteiger partial charge in [0.2, 0.25) is 0 Å². The number of aryl methyl sites for hydroxylation is 1. The normalized spacial score (nSPS) is 17.7. The zero-order valence-electron chi connectivity index (χ0n) is 10.9. The molecule has 0 saturated carbocycles. The minimum absolute atomic E-state index is 0.158. The number of esters is 1. The van der Waals surface area contributed by atoms with Gasteiger partial charge in [-0.1, -0.05) is 49.4 Å². The predicted octanol–water partition coefficient (Wildman–Crippen LogP) is 3.70. The Bertz CT molecular complexity index is 602. The van der Waals surface area contributed by atoms with Crippen molar-refractivity contribution < 1.29 is 9.53 Å². The molecule has 1 unspecified atom stereocenters. The molecule has 1 aliphatic heterocycles. The summed E-state index contributed by atoms with van der Waals surface area (Å²) in [6, 6.07) is 15.8. The van der Waals surface area contributed by atoms with E-state index >= 15 is 0 Å². The first-order chi connectivity index (χ1) is 9.29. The number of ether oxygens (including phenoxy) is 1. The van der Waals surface area contributed by atoms with Gasteiger partial charge in [0, 0.05) is 6.42 Å². The van der Waals surface area contributed by atoms with E-state index in [-0.39, 0.29) is 12.1 Å². The Kier molecular flexibility index (Phi) is 3.08. The van der Waals surface area contributed by atoms with Crippen LogP contribution in [0.25, 0.3) is 0 Å². The van der Waals surface area contributed by atoms with Crippen LogP contribution in [0, 0.1) is 0 Å². The van der Waals surface area contributed by atoms with Crippen LogP contribution in [-0.2, 0) is 17.6 Å². The SMILES string of the molecule is CCc1cccc2c1CC(c1ccccc1)OC2=O.